The van der Waals surface area contributed by atoms with Crippen LogP contribution in [-0.2, 0) is 4.79 Å². The third kappa shape index (κ3) is 4.51. The molecule has 0 unspecified atom stereocenters. The molecule has 0 bridgehead atoms. The summed E-state index contributed by atoms with van der Waals surface area (Å²) in [5.41, 5.74) is 2.57. The van der Waals surface area contributed by atoms with Crippen molar-refractivity contribution in [1.82, 2.24) is 4.90 Å². The van der Waals surface area contributed by atoms with Gasteiger partial charge in [-0.2, -0.15) is 0 Å². The molecule has 4 nitrogen and oxygen atoms in total. The van der Waals surface area contributed by atoms with Crippen molar-refractivity contribution in [3.8, 4) is 0 Å². The number of anilines is 1. The fourth-order valence-electron chi connectivity index (χ4n) is 3.48. The van der Waals surface area contributed by atoms with E-state index in [1.807, 2.05) is 32.0 Å². The monoisotopic (exact) mass is 372 g/mol. The van der Waals surface area contributed by atoms with Crippen LogP contribution in [0.2, 0.25) is 0 Å². The highest BCUT2D eigenvalue weighted by Gasteiger charge is 2.29. The van der Waals surface area contributed by atoms with Gasteiger partial charge in [0.05, 0.1) is 11.6 Å². The van der Waals surface area contributed by atoms with Crippen LogP contribution in [0.1, 0.15) is 34.3 Å². The summed E-state index contributed by atoms with van der Waals surface area (Å²) in [7, 11) is 0. The van der Waals surface area contributed by atoms with Gasteiger partial charge in [0.25, 0.3) is 5.91 Å². The van der Waals surface area contributed by atoms with Gasteiger partial charge in [0.2, 0.25) is 5.91 Å². The predicted octanol–water partition coefficient (Wildman–Crippen LogP) is 4.07. The van der Waals surface area contributed by atoms with E-state index in [4.69, 9.17) is 0 Å². The molecule has 2 amide bonds. The molecule has 0 saturated carbocycles. The number of carbonyl (C=O) groups is 2. The average molecular weight is 372 g/mol. The lowest BCUT2D eigenvalue weighted by Crippen LogP contribution is -2.43. The number of amides is 2. The van der Waals surface area contributed by atoms with Gasteiger partial charge in [-0.3, -0.25) is 9.59 Å². The summed E-state index contributed by atoms with van der Waals surface area (Å²) in [5.74, 6) is -2.42. The highest BCUT2D eigenvalue weighted by atomic mass is 19.1. The fraction of sp³-hybridized carbons (Fsp3) is 0.333. The molecular formula is C21H22F2N2O2. The number of rotatable bonds is 3. The van der Waals surface area contributed by atoms with E-state index >= 15 is 0 Å². The number of piperidine rings is 1. The van der Waals surface area contributed by atoms with Gasteiger partial charge in [0, 0.05) is 24.7 Å². The average Bonchev–Trinajstić information content (AvgIpc) is 2.62. The Hall–Kier alpha value is -2.76. The van der Waals surface area contributed by atoms with Crippen LogP contribution in [0.25, 0.3) is 0 Å². The standard InChI is InChI=1S/C21H22F2N2O2/c1-13-8-14(2)10-16(9-13)21(27)25-7-3-4-15(12-25)20(26)24-19-6-5-17(22)11-18(19)23/h5-6,8-11,15H,3-4,7,12H2,1-2H3,(H,24,26)/t15-/m1/s1. The molecule has 1 atom stereocenters. The van der Waals surface area contributed by atoms with Crippen LogP contribution in [0.4, 0.5) is 14.5 Å². The zero-order valence-electron chi connectivity index (χ0n) is 15.4. The maximum Gasteiger partial charge on any atom is 0.253 e. The number of nitrogens with one attached hydrogen (secondary N) is 1. The van der Waals surface area contributed by atoms with E-state index < -0.39 is 17.6 Å². The molecule has 142 valence electrons. The molecule has 1 fully saturated rings. The fourth-order valence-corrected chi connectivity index (χ4v) is 3.48. The zero-order chi connectivity index (χ0) is 19.6. The molecule has 0 spiro atoms. The molecule has 0 aromatic heterocycles. The Bertz CT molecular complexity index is 862. The van der Waals surface area contributed by atoms with Crippen LogP contribution in [0, 0.1) is 31.4 Å². The second-order valence-electron chi connectivity index (χ2n) is 7.08. The minimum absolute atomic E-state index is 0.0563. The third-order valence-electron chi connectivity index (χ3n) is 4.74. The Labute approximate surface area is 157 Å². The molecule has 3 rings (SSSR count). The maximum atomic E-state index is 13.8. The van der Waals surface area contributed by atoms with Crippen molar-refractivity contribution < 1.29 is 18.4 Å². The van der Waals surface area contributed by atoms with Gasteiger partial charge in [0.15, 0.2) is 0 Å². The van der Waals surface area contributed by atoms with Crippen molar-refractivity contribution in [1.29, 1.82) is 0 Å². The van der Waals surface area contributed by atoms with E-state index in [9.17, 15) is 18.4 Å². The molecule has 1 heterocycles. The summed E-state index contributed by atoms with van der Waals surface area (Å²) in [6.07, 6.45) is 1.31. The maximum absolute atomic E-state index is 13.8. The Morgan fingerprint density at radius 2 is 1.78 bits per heavy atom. The van der Waals surface area contributed by atoms with Crippen molar-refractivity contribution >= 4 is 17.5 Å². The van der Waals surface area contributed by atoms with Gasteiger partial charge in [-0.15, -0.1) is 0 Å². The van der Waals surface area contributed by atoms with Crippen LogP contribution in [0.3, 0.4) is 0 Å². The summed E-state index contributed by atoms with van der Waals surface area (Å²) in [5, 5.41) is 2.51. The van der Waals surface area contributed by atoms with Crippen LogP contribution in [0.15, 0.2) is 36.4 Å². The summed E-state index contributed by atoms with van der Waals surface area (Å²) < 4.78 is 26.8. The number of likely N-dealkylation sites (tertiary alicyclic amines) is 1. The first-order valence-corrected chi connectivity index (χ1v) is 8.97. The normalized spacial score (nSPS) is 16.9. The van der Waals surface area contributed by atoms with Crippen molar-refractivity contribution in [3.63, 3.8) is 0 Å². The van der Waals surface area contributed by atoms with Crippen molar-refractivity contribution in [2.45, 2.75) is 26.7 Å². The van der Waals surface area contributed by atoms with E-state index in [1.54, 1.807) is 4.90 Å². The van der Waals surface area contributed by atoms with E-state index in [0.717, 1.165) is 23.3 Å². The molecule has 2 aromatic carbocycles. The third-order valence-corrected chi connectivity index (χ3v) is 4.74. The summed E-state index contributed by atoms with van der Waals surface area (Å²) >= 11 is 0. The summed E-state index contributed by atoms with van der Waals surface area (Å²) in [6, 6.07) is 8.70. The number of aryl methyl sites for hydroxylation is 2. The number of carbonyl (C=O) groups excluding carboxylic acids is 2. The van der Waals surface area contributed by atoms with Crippen molar-refractivity contribution in [2.75, 3.05) is 18.4 Å². The Balaban J connectivity index is 1.69. The molecular weight excluding hydrogens is 350 g/mol. The Kier molecular flexibility index (Phi) is 5.54. The summed E-state index contributed by atoms with van der Waals surface area (Å²) in [6.45, 7) is 4.74. The zero-order valence-corrected chi connectivity index (χ0v) is 15.4. The number of hydrogen-bond acceptors (Lipinski definition) is 2. The largest absolute Gasteiger partial charge is 0.338 e. The minimum atomic E-state index is -0.817. The lowest BCUT2D eigenvalue weighted by atomic mass is 9.96. The number of benzene rings is 2. The molecule has 1 aliphatic rings. The summed E-state index contributed by atoms with van der Waals surface area (Å²) in [4.78, 5) is 27.0. The van der Waals surface area contributed by atoms with Crippen LogP contribution >= 0.6 is 0 Å². The van der Waals surface area contributed by atoms with Gasteiger partial charge in [0.1, 0.15) is 11.6 Å². The van der Waals surface area contributed by atoms with E-state index in [1.165, 1.54) is 6.07 Å². The number of halogens is 2. The first-order valence-electron chi connectivity index (χ1n) is 8.97. The highest BCUT2D eigenvalue weighted by Crippen LogP contribution is 2.22. The number of hydrogen-bond donors (Lipinski definition) is 1. The van der Waals surface area contributed by atoms with Crippen LogP contribution in [-0.4, -0.2) is 29.8 Å². The minimum Gasteiger partial charge on any atom is -0.338 e. The van der Waals surface area contributed by atoms with Gasteiger partial charge < -0.3 is 10.2 Å². The molecule has 1 N–H and O–H groups in total. The van der Waals surface area contributed by atoms with Gasteiger partial charge in [-0.25, -0.2) is 8.78 Å². The van der Waals surface area contributed by atoms with Gasteiger partial charge in [-0.1, -0.05) is 17.2 Å². The van der Waals surface area contributed by atoms with Gasteiger partial charge >= 0.3 is 0 Å². The lowest BCUT2D eigenvalue weighted by Gasteiger charge is -2.32. The lowest BCUT2D eigenvalue weighted by molar-refractivity contribution is -0.121. The van der Waals surface area contributed by atoms with Crippen LogP contribution < -0.4 is 5.32 Å². The quantitative estimate of drug-likeness (QED) is 0.883. The number of nitrogens with zero attached hydrogens (tertiary/aromatic N) is 1. The molecule has 1 aliphatic heterocycles. The second kappa shape index (κ2) is 7.86. The smallest absolute Gasteiger partial charge is 0.253 e. The van der Waals surface area contributed by atoms with Crippen molar-refractivity contribution in [2.24, 2.45) is 5.92 Å². The molecule has 1 saturated heterocycles. The topological polar surface area (TPSA) is 49.4 Å². The van der Waals surface area contributed by atoms with Crippen LogP contribution in [0.5, 0.6) is 0 Å². The highest BCUT2D eigenvalue weighted by molar-refractivity contribution is 5.96. The van der Waals surface area contributed by atoms with E-state index in [0.29, 0.717) is 24.9 Å². The molecule has 0 radical (unpaired) electrons. The van der Waals surface area contributed by atoms with Gasteiger partial charge in [-0.05, 0) is 51.0 Å². The molecule has 27 heavy (non-hydrogen) atoms. The molecule has 2 aromatic rings. The van der Waals surface area contributed by atoms with Crippen molar-refractivity contribution in [3.05, 3.63) is 64.7 Å². The Morgan fingerprint density at radius 3 is 2.44 bits per heavy atom. The van der Waals surface area contributed by atoms with E-state index in [-0.39, 0.29) is 24.0 Å². The molecule has 6 heteroatoms. The second-order valence-corrected chi connectivity index (χ2v) is 7.08. The SMILES string of the molecule is Cc1cc(C)cc(C(=O)N2CCC[C@@H](C(=O)Nc3ccc(F)cc3F)C2)c1. The van der Waals surface area contributed by atoms with E-state index in [2.05, 4.69) is 5.32 Å². The Morgan fingerprint density at radius 1 is 1.07 bits per heavy atom. The first-order chi connectivity index (χ1) is 12.8. The molecule has 0 aliphatic carbocycles. The first kappa shape index (κ1) is 19.0. The predicted molar refractivity (Wildman–Crippen MR) is 99.5 cm³/mol.